The molecule has 0 aliphatic carbocycles. The first-order valence-electron chi connectivity index (χ1n) is 5.17. The van der Waals surface area contributed by atoms with Gasteiger partial charge in [0.05, 0.1) is 17.8 Å². The van der Waals surface area contributed by atoms with Gasteiger partial charge in [-0.15, -0.1) is 0 Å². The Bertz CT molecular complexity index is 557. The van der Waals surface area contributed by atoms with Crippen LogP contribution in [-0.4, -0.2) is 31.9 Å². The summed E-state index contributed by atoms with van der Waals surface area (Å²) in [6, 6.07) is 1.33. The molecule has 1 aromatic carbocycles. The van der Waals surface area contributed by atoms with Crippen molar-refractivity contribution in [2.24, 2.45) is 5.92 Å². The lowest BCUT2D eigenvalue weighted by atomic mass is 9.97. The van der Waals surface area contributed by atoms with E-state index in [1.165, 1.54) is 22.6 Å². The molecule has 108 valence electrons. The summed E-state index contributed by atoms with van der Waals surface area (Å²) in [7, 11) is 1.95. The van der Waals surface area contributed by atoms with Gasteiger partial charge in [0.15, 0.2) is 5.78 Å². The molecule has 0 spiro atoms. The lowest BCUT2D eigenvalue weighted by molar-refractivity contribution is -0.155. The summed E-state index contributed by atoms with van der Waals surface area (Å²) in [6.07, 6.45) is 0. The highest BCUT2D eigenvalue weighted by Crippen LogP contribution is 2.22. The van der Waals surface area contributed by atoms with E-state index in [1.54, 1.807) is 0 Å². The van der Waals surface area contributed by atoms with Crippen LogP contribution in [0.15, 0.2) is 12.1 Å². The van der Waals surface area contributed by atoms with Crippen LogP contribution in [0.2, 0.25) is 0 Å². The Labute approximate surface area is 126 Å². The van der Waals surface area contributed by atoms with Crippen molar-refractivity contribution >= 4 is 40.3 Å². The van der Waals surface area contributed by atoms with E-state index in [2.05, 4.69) is 9.47 Å². The van der Waals surface area contributed by atoms with Gasteiger partial charge in [-0.1, -0.05) is 0 Å². The molecule has 0 saturated heterocycles. The van der Waals surface area contributed by atoms with Crippen molar-refractivity contribution in [1.29, 1.82) is 0 Å². The highest BCUT2D eigenvalue weighted by molar-refractivity contribution is 14.1. The zero-order valence-electron chi connectivity index (χ0n) is 10.4. The third-order valence-electron chi connectivity index (χ3n) is 2.39. The molecule has 0 aromatic heterocycles. The van der Waals surface area contributed by atoms with Crippen LogP contribution in [0.25, 0.3) is 0 Å². The first kappa shape index (κ1) is 16.5. The summed E-state index contributed by atoms with van der Waals surface area (Å²) in [4.78, 5) is 35.1. The average molecular weight is 398 g/mol. The summed E-state index contributed by atoms with van der Waals surface area (Å²) < 4.78 is 35.0. The van der Waals surface area contributed by atoms with Crippen molar-refractivity contribution in [3.05, 3.63) is 32.9 Å². The maximum absolute atomic E-state index is 13.4. The predicted molar refractivity (Wildman–Crippen MR) is 70.9 cm³/mol. The van der Waals surface area contributed by atoms with Gasteiger partial charge >= 0.3 is 11.9 Å². The molecule has 0 aliphatic heterocycles. The minimum Gasteiger partial charge on any atom is -0.468 e. The second kappa shape index (κ2) is 6.73. The molecule has 0 saturated carbocycles. The van der Waals surface area contributed by atoms with Crippen molar-refractivity contribution in [2.75, 3.05) is 14.2 Å². The lowest BCUT2D eigenvalue weighted by Crippen LogP contribution is -2.34. The van der Waals surface area contributed by atoms with Gasteiger partial charge < -0.3 is 9.47 Å². The Hall–Kier alpha value is -1.58. The summed E-state index contributed by atoms with van der Waals surface area (Å²) >= 11 is 1.47. The predicted octanol–water partition coefficient (Wildman–Crippen LogP) is 1.71. The van der Waals surface area contributed by atoms with Gasteiger partial charge in [-0.05, 0) is 28.7 Å². The molecular weight excluding hydrogens is 389 g/mol. The third kappa shape index (κ3) is 3.30. The van der Waals surface area contributed by atoms with Gasteiger partial charge in [0, 0.05) is 11.6 Å². The zero-order valence-corrected chi connectivity index (χ0v) is 12.6. The quantitative estimate of drug-likeness (QED) is 0.254. The molecule has 20 heavy (non-hydrogen) atoms. The number of ketones is 1. The fourth-order valence-corrected chi connectivity index (χ4v) is 2.01. The van der Waals surface area contributed by atoms with Gasteiger partial charge in [0.25, 0.3) is 0 Å². The highest BCUT2D eigenvalue weighted by Gasteiger charge is 2.38. The number of carbonyl (C=O) groups excluding carboxylic acids is 3. The van der Waals surface area contributed by atoms with E-state index in [4.69, 9.17) is 0 Å². The number of benzene rings is 1. The van der Waals surface area contributed by atoms with Gasteiger partial charge in [-0.3, -0.25) is 14.4 Å². The van der Waals surface area contributed by atoms with Gasteiger partial charge in [-0.25, -0.2) is 8.78 Å². The van der Waals surface area contributed by atoms with Crippen LogP contribution < -0.4 is 0 Å². The van der Waals surface area contributed by atoms with Gasteiger partial charge in [0.1, 0.15) is 11.6 Å². The molecule has 0 heterocycles. The van der Waals surface area contributed by atoms with Crippen LogP contribution in [-0.2, 0) is 19.1 Å². The number of methoxy groups -OCH3 is 2. The average Bonchev–Trinajstić information content (AvgIpc) is 2.42. The number of Topliss-reactive ketones (excluding diaryl/α,β-unsaturated/α-hetero) is 1. The second-order valence-corrected chi connectivity index (χ2v) is 4.67. The van der Waals surface area contributed by atoms with Crippen molar-refractivity contribution in [3.8, 4) is 0 Å². The first-order chi connectivity index (χ1) is 9.33. The van der Waals surface area contributed by atoms with E-state index in [9.17, 15) is 23.2 Å². The molecule has 0 atom stereocenters. The number of hydrogen-bond acceptors (Lipinski definition) is 5. The smallest absolute Gasteiger partial charge is 0.328 e. The molecule has 0 unspecified atom stereocenters. The summed E-state index contributed by atoms with van der Waals surface area (Å²) in [5.74, 6) is -7.31. The monoisotopic (exact) mass is 398 g/mol. The molecule has 0 aliphatic rings. The van der Waals surface area contributed by atoms with Crippen LogP contribution in [0.5, 0.6) is 0 Å². The fourth-order valence-electron chi connectivity index (χ4n) is 1.44. The number of halogens is 3. The van der Waals surface area contributed by atoms with E-state index in [-0.39, 0.29) is 3.57 Å². The fraction of sp³-hybridized carbons (Fsp3) is 0.250. The number of esters is 2. The summed E-state index contributed by atoms with van der Waals surface area (Å²) in [5, 5.41) is 0. The molecule has 0 radical (unpaired) electrons. The maximum Gasteiger partial charge on any atom is 0.328 e. The number of rotatable bonds is 4. The van der Waals surface area contributed by atoms with Gasteiger partial charge in [-0.2, -0.15) is 0 Å². The first-order valence-corrected chi connectivity index (χ1v) is 6.25. The maximum atomic E-state index is 13.4. The Morgan fingerprint density at radius 1 is 1.10 bits per heavy atom. The normalized spacial score (nSPS) is 10.3. The molecular formula is C12H9F2IO5. The third-order valence-corrected chi connectivity index (χ3v) is 3.49. The highest BCUT2D eigenvalue weighted by atomic mass is 127. The molecule has 8 heteroatoms. The van der Waals surface area contributed by atoms with E-state index in [0.717, 1.165) is 20.3 Å². The van der Waals surface area contributed by atoms with Crippen molar-refractivity contribution in [2.45, 2.75) is 0 Å². The Morgan fingerprint density at radius 3 is 2.05 bits per heavy atom. The molecule has 1 rings (SSSR count). The van der Waals surface area contributed by atoms with Crippen molar-refractivity contribution < 1.29 is 32.6 Å². The summed E-state index contributed by atoms with van der Waals surface area (Å²) in [5.41, 5.74) is -0.427. The molecule has 0 N–H and O–H groups in total. The Morgan fingerprint density at radius 2 is 1.60 bits per heavy atom. The standard InChI is InChI=1S/C12H9F2IO5/c1-19-11(17)8(12(18)20-2)10(16)6-3-5(13)4-7(14)9(6)15/h3-4,8H,1-2H3. The van der Waals surface area contributed by atoms with Crippen LogP contribution >= 0.6 is 22.6 Å². The van der Waals surface area contributed by atoms with E-state index >= 15 is 0 Å². The summed E-state index contributed by atoms with van der Waals surface area (Å²) in [6.45, 7) is 0. The van der Waals surface area contributed by atoms with Crippen LogP contribution in [0, 0.1) is 21.1 Å². The number of carbonyl (C=O) groups is 3. The minimum atomic E-state index is -1.92. The number of ether oxygens (including phenoxy) is 2. The van der Waals surface area contributed by atoms with Crippen LogP contribution in [0.3, 0.4) is 0 Å². The van der Waals surface area contributed by atoms with E-state index in [1.807, 2.05) is 0 Å². The minimum absolute atomic E-state index is 0.202. The second-order valence-electron chi connectivity index (χ2n) is 3.59. The lowest BCUT2D eigenvalue weighted by Gasteiger charge is -2.12. The van der Waals surface area contributed by atoms with E-state index in [0.29, 0.717) is 6.07 Å². The Balaban J connectivity index is 3.33. The molecule has 5 nitrogen and oxygen atoms in total. The molecule has 0 bridgehead atoms. The molecule has 1 aromatic rings. The Kier molecular flexibility index (Phi) is 5.54. The SMILES string of the molecule is COC(=O)C(C(=O)OC)C(=O)c1cc(F)cc(F)c1I. The van der Waals surface area contributed by atoms with E-state index < -0.39 is 40.8 Å². The number of hydrogen-bond donors (Lipinski definition) is 0. The van der Waals surface area contributed by atoms with Crippen LogP contribution in [0.1, 0.15) is 10.4 Å². The van der Waals surface area contributed by atoms with Crippen LogP contribution in [0.4, 0.5) is 8.78 Å². The van der Waals surface area contributed by atoms with Crippen molar-refractivity contribution in [3.63, 3.8) is 0 Å². The zero-order chi connectivity index (χ0) is 15.4. The molecule has 0 amide bonds. The van der Waals surface area contributed by atoms with Gasteiger partial charge in [0.2, 0.25) is 5.92 Å². The topological polar surface area (TPSA) is 69.7 Å². The van der Waals surface area contributed by atoms with Crippen molar-refractivity contribution in [1.82, 2.24) is 0 Å². The largest absolute Gasteiger partial charge is 0.468 e. The molecule has 0 fully saturated rings.